The van der Waals surface area contributed by atoms with Gasteiger partial charge in [-0.05, 0) is 36.3 Å². The van der Waals surface area contributed by atoms with Crippen LogP contribution < -0.4 is 0 Å². The van der Waals surface area contributed by atoms with Crippen LogP contribution in [0.15, 0.2) is 28.7 Å². The number of ketones is 1. The molecule has 0 heterocycles. The highest BCUT2D eigenvalue weighted by Gasteiger charge is 2.16. The van der Waals surface area contributed by atoms with E-state index in [1.54, 1.807) is 18.2 Å². The minimum atomic E-state index is -1.05. The van der Waals surface area contributed by atoms with Crippen LogP contribution in [0.1, 0.15) is 23.4 Å². The van der Waals surface area contributed by atoms with E-state index >= 15 is 0 Å². The molecule has 3 nitrogen and oxygen atoms in total. The molecule has 1 unspecified atom stereocenters. The van der Waals surface area contributed by atoms with E-state index in [0.29, 0.717) is 11.1 Å². The van der Waals surface area contributed by atoms with Gasteiger partial charge in [0.2, 0.25) is 0 Å². The van der Waals surface area contributed by atoms with Crippen molar-refractivity contribution >= 4 is 45.4 Å². The number of halogens is 2. The zero-order valence-corrected chi connectivity index (χ0v) is 11.3. The number of aliphatic carboxylic acids is 1. The lowest BCUT2D eigenvalue weighted by molar-refractivity contribution is -0.131. The van der Waals surface area contributed by atoms with Gasteiger partial charge in [0, 0.05) is 10.5 Å². The van der Waals surface area contributed by atoms with Crippen molar-refractivity contribution in [3.63, 3.8) is 0 Å². The van der Waals surface area contributed by atoms with Crippen LogP contribution >= 0.6 is 27.5 Å². The molecule has 90 valence electrons. The number of carbonyl (C=O) groups excluding carboxylic acids is 1. The Labute approximate surface area is 112 Å². The van der Waals surface area contributed by atoms with Crippen LogP contribution in [0.3, 0.4) is 0 Å². The molecule has 0 saturated carbocycles. The monoisotopic (exact) mass is 316 g/mol. The summed E-state index contributed by atoms with van der Waals surface area (Å²) in [4.78, 5) is 21.7. The zero-order chi connectivity index (χ0) is 13.0. The predicted molar refractivity (Wildman–Crippen MR) is 70.1 cm³/mol. The van der Waals surface area contributed by atoms with Gasteiger partial charge in [0.1, 0.15) is 5.38 Å². The highest BCUT2D eigenvalue weighted by molar-refractivity contribution is 9.10. The molecule has 0 aliphatic rings. The molecule has 5 heteroatoms. The smallest absolute Gasteiger partial charge is 0.328 e. The van der Waals surface area contributed by atoms with E-state index in [2.05, 4.69) is 15.9 Å². The fourth-order valence-electron chi connectivity index (χ4n) is 1.30. The van der Waals surface area contributed by atoms with E-state index in [0.717, 1.165) is 10.5 Å². The average molecular weight is 318 g/mol. The fraction of sp³-hybridized carbons (Fsp3) is 0.167. The molecule has 0 spiro atoms. The Balaban J connectivity index is 3.21. The van der Waals surface area contributed by atoms with E-state index in [4.69, 9.17) is 16.7 Å². The zero-order valence-electron chi connectivity index (χ0n) is 8.98. The van der Waals surface area contributed by atoms with Crippen molar-refractivity contribution in [2.45, 2.75) is 12.3 Å². The molecule has 1 aromatic carbocycles. The summed E-state index contributed by atoms with van der Waals surface area (Å²) in [5.41, 5.74) is 1.21. The first-order valence-corrected chi connectivity index (χ1v) is 5.99. The van der Waals surface area contributed by atoms with Crippen LogP contribution in [0.5, 0.6) is 0 Å². The standard InChI is InChI=1S/C12H10BrClO3/c1-7(15)12(14)10-6-9(13)4-2-8(10)3-5-11(16)17/h2-6,12H,1H3,(H,16,17)/b5-3+. The molecule has 0 aromatic heterocycles. The van der Waals surface area contributed by atoms with Crippen molar-refractivity contribution in [3.05, 3.63) is 39.9 Å². The van der Waals surface area contributed by atoms with Crippen LogP contribution in [0.2, 0.25) is 0 Å². The summed E-state index contributed by atoms with van der Waals surface area (Å²) in [6.07, 6.45) is 2.43. The third-order valence-electron chi connectivity index (χ3n) is 2.08. The Bertz CT molecular complexity index is 483. The molecule has 1 rings (SSSR count). The topological polar surface area (TPSA) is 54.4 Å². The lowest BCUT2D eigenvalue weighted by atomic mass is 10.0. The summed E-state index contributed by atoms with van der Waals surface area (Å²) >= 11 is 9.27. The molecule has 0 fully saturated rings. The molecule has 0 amide bonds. The fourth-order valence-corrected chi connectivity index (χ4v) is 1.86. The van der Waals surface area contributed by atoms with Crippen LogP contribution in [-0.2, 0) is 9.59 Å². The van der Waals surface area contributed by atoms with Crippen LogP contribution in [0.4, 0.5) is 0 Å². The summed E-state index contributed by atoms with van der Waals surface area (Å²) in [7, 11) is 0. The molecule has 1 atom stereocenters. The Hall–Kier alpha value is -1.13. The predicted octanol–water partition coefficient (Wildman–Crippen LogP) is 3.42. The first-order chi connectivity index (χ1) is 7.91. The molecule has 0 radical (unpaired) electrons. The maximum absolute atomic E-state index is 11.3. The lowest BCUT2D eigenvalue weighted by Gasteiger charge is -2.10. The molecular formula is C12H10BrClO3. The van der Waals surface area contributed by atoms with E-state index in [1.807, 2.05) is 0 Å². The van der Waals surface area contributed by atoms with Gasteiger partial charge in [0.25, 0.3) is 0 Å². The van der Waals surface area contributed by atoms with Gasteiger partial charge in [-0.1, -0.05) is 22.0 Å². The Morgan fingerprint density at radius 3 is 2.65 bits per heavy atom. The summed E-state index contributed by atoms with van der Waals surface area (Å²) in [5, 5.41) is 7.80. The van der Waals surface area contributed by atoms with Crippen LogP contribution in [0, 0.1) is 0 Å². The van der Waals surface area contributed by atoms with Gasteiger partial charge in [-0.15, -0.1) is 11.6 Å². The largest absolute Gasteiger partial charge is 0.478 e. The van der Waals surface area contributed by atoms with Crippen molar-refractivity contribution in [2.24, 2.45) is 0 Å². The van der Waals surface area contributed by atoms with Crippen molar-refractivity contribution in [1.29, 1.82) is 0 Å². The molecule has 17 heavy (non-hydrogen) atoms. The second-order valence-corrected chi connectivity index (χ2v) is 4.77. The second kappa shape index (κ2) is 5.98. The van der Waals surface area contributed by atoms with Crippen LogP contribution in [0.25, 0.3) is 6.08 Å². The Morgan fingerprint density at radius 1 is 1.47 bits per heavy atom. The maximum atomic E-state index is 11.3. The molecule has 0 bridgehead atoms. The number of alkyl halides is 1. The van der Waals surface area contributed by atoms with E-state index in [9.17, 15) is 9.59 Å². The lowest BCUT2D eigenvalue weighted by Crippen LogP contribution is -2.03. The highest BCUT2D eigenvalue weighted by Crippen LogP contribution is 2.28. The molecule has 1 N–H and O–H groups in total. The minimum absolute atomic E-state index is 0.185. The summed E-state index contributed by atoms with van der Waals surface area (Å²) in [5.74, 6) is -1.23. The number of carboxylic acid groups (broad SMARTS) is 1. The SMILES string of the molecule is CC(=O)C(Cl)c1cc(Br)ccc1/C=C/C(=O)O. The first-order valence-electron chi connectivity index (χ1n) is 4.77. The van der Waals surface area contributed by atoms with Gasteiger partial charge in [-0.2, -0.15) is 0 Å². The Morgan fingerprint density at radius 2 is 2.12 bits per heavy atom. The normalized spacial score (nSPS) is 12.6. The molecule has 0 saturated heterocycles. The Kier molecular flexibility index (Phi) is 4.90. The van der Waals surface area contributed by atoms with Crippen molar-refractivity contribution in [1.82, 2.24) is 0 Å². The van der Waals surface area contributed by atoms with E-state index in [1.165, 1.54) is 13.0 Å². The summed E-state index contributed by atoms with van der Waals surface area (Å²) in [6, 6.07) is 5.17. The molecule has 1 aromatic rings. The van der Waals surface area contributed by atoms with Crippen molar-refractivity contribution in [3.8, 4) is 0 Å². The summed E-state index contributed by atoms with van der Waals surface area (Å²) in [6.45, 7) is 1.39. The van der Waals surface area contributed by atoms with E-state index in [-0.39, 0.29) is 5.78 Å². The third-order valence-corrected chi connectivity index (χ3v) is 3.12. The quantitative estimate of drug-likeness (QED) is 0.684. The summed E-state index contributed by atoms with van der Waals surface area (Å²) < 4.78 is 0.784. The van der Waals surface area contributed by atoms with Gasteiger partial charge in [-0.25, -0.2) is 4.79 Å². The average Bonchev–Trinajstić information content (AvgIpc) is 2.26. The maximum Gasteiger partial charge on any atom is 0.328 e. The number of Topliss-reactive ketones (excluding diaryl/α,β-unsaturated/α-hetero) is 1. The number of rotatable bonds is 4. The second-order valence-electron chi connectivity index (χ2n) is 3.42. The number of hydrogen-bond acceptors (Lipinski definition) is 2. The van der Waals surface area contributed by atoms with Crippen molar-refractivity contribution < 1.29 is 14.7 Å². The van der Waals surface area contributed by atoms with Crippen LogP contribution in [-0.4, -0.2) is 16.9 Å². The molecule has 0 aliphatic carbocycles. The van der Waals surface area contributed by atoms with Gasteiger partial charge in [0.05, 0.1) is 0 Å². The number of carboxylic acids is 1. The third kappa shape index (κ3) is 3.98. The first kappa shape index (κ1) is 13.9. The van der Waals surface area contributed by atoms with Gasteiger partial charge >= 0.3 is 5.97 Å². The minimum Gasteiger partial charge on any atom is -0.478 e. The highest BCUT2D eigenvalue weighted by atomic mass is 79.9. The van der Waals surface area contributed by atoms with Crippen molar-refractivity contribution in [2.75, 3.05) is 0 Å². The van der Waals surface area contributed by atoms with Gasteiger partial charge in [0.15, 0.2) is 5.78 Å². The van der Waals surface area contributed by atoms with Gasteiger partial charge < -0.3 is 5.11 Å². The van der Waals surface area contributed by atoms with E-state index < -0.39 is 11.3 Å². The molecule has 0 aliphatic heterocycles. The number of benzene rings is 1. The van der Waals surface area contributed by atoms with Gasteiger partial charge in [-0.3, -0.25) is 4.79 Å². The molecular weight excluding hydrogens is 307 g/mol. The number of carbonyl (C=O) groups is 2. The number of hydrogen-bond donors (Lipinski definition) is 1.